The van der Waals surface area contributed by atoms with Crippen LogP contribution in [-0.2, 0) is 19.0 Å². The first-order valence-electron chi connectivity index (χ1n) is 6.83. The second-order valence-electron chi connectivity index (χ2n) is 5.31. The Hall–Kier alpha value is -0.610. The van der Waals surface area contributed by atoms with Gasteiger partial charge in [0, 0.05) is 19.8 Å². The lowest BCUT2D eigenvalue weighted by atomic mass is 10.2. The third kappa shape index (κ3) is 13.5. The topological polar surface area (TPSA) is 44.8 Å². The fourth-order valence-corrected chi connectivity index (χ4v) is 1.35. The van der Waals surface area contributed by atoms with Crippen molar-refractivity contribution in [2.24, 2.45) is 0 Å². The van der Waals surface area contributed by atoms with E-state index < -0.39 is 5.60 Å². The Kier molecular flexibility index (Phi) is 9.98. The average molecular weight is 260 g/mol. The quantitative estimate of drug-likeness (QED) is 0.447. The van der Waals surface area contributed by atoms with Gasteiger partial charge in [0.1, 0.15) is 12.2 Å². The van der Waals surface area contributed by atoms with E-state index >= 15 is 0 Å². The van der Waals surface area contributed by atoms with Gasteiger partial charge in [-0.05, 0) is 33.6 Å². The normalized spacial score (nSPS) is 11.6. The van der Waals surface area contributed by atoms with Crippen LogP contribution in [0.2, 0.25) is 0 Å². The molecule has 0 saturated carbocycles. The van der Waals surface area contributed by atoms with Crippen LogP contribution in [0.15, 0.2) is 0 Å². The van der Waals surface area contributed by atoms with Crippen molar-refractivity contribution in [1.82, 2.24) is 0 Å². The molecule has 0 aromatic carbocycles. The summed E-state index contributed by atoms with van der Waals surface area (Å²) in [6, 6.07) is 0. The summed E-state index contributed by atoms with van der Waals surface area (Å²) in [5, 5.41) is 0. The zero-order valence-corrected chi connectivity index (χ0v) is 12.3. The molecule has 0 saturated heterocycles. The fraction of sp³-hybridized carbons (Fsp3) is 0.929. The number of carbonyl (C=O) groups is 1. The Morgan fingerprint density at radius 2 is 1.56 bits per heavy atom. The van der Waals surface area contributed by atoms with Gasteiger partial charge in [0.05, 0.1) is 0 Å². The van der Waals surface area contributed by atoms with Crippen LogP contribution in [0.3, 0.4) is 0 Å². The molecular weight excluding hydrogens is 232 g/mol. The third-order valence-corrected chi connectivity index (χ3v) is 2.11. The molecule has 0 amide bonds. The Labute approximate surface area is 111 Å². The van der Waals surface area contributed by atoms with Crippen LogP contribution in [0, 0.1) is 0 Å². The monoisotopic (exact) mass is 260 g/mol. The van der Waals surface area contributed by atoms with Crippen LogP contribution < -0.4 is 0 Å². The summed E-state index contributed by atoms with van der Waals surface area (Å²) in [5.74, 6) is -0.314. The second-order valence-corrected chi connectivity index (χ2v) is 5.31. The van der Waals surface area contributed by atoms with Gasteiger partial charge in [-0.15, -0.1) is 0 Å². The largest absolute Gasteiger partial charge is 0.458 e. The van der Waals surface area contributed by atoms with Gasteiger partial charge in [0.15, 0.2) is 0 Å². The standard InChI is InChI=1S/C14H28O4/c1-5-6-7-9-16-10-8-11-17-12-13(15)18-14(2,3)4/h5-12H2,1-4H3. The van der Waals surface area contributed by atoms with Gasteiger partial charge >= 0.3 is 5.97 Å². The fourth-order valence-electron chi connectivity index (χ4n) is 1.35. The van der Waals surface area contributed by atoms with Gasteiger partial charge in [0.2, 0.25) is 0 Å². The number of carbonyl (C=O) groups excluding carboxylic acids is 1. The lowest BCUT2D eigenvalue weighted by molar-refractivity contribution is -0.160. The van der Waals surface area contributed by atoms with Crippen molar-refractivity contribution in [2.45, 2.75) is 59.0 Å². The predicted octanol–water partition coefficient (Wildman–Crippen LogP) is 2.94. The number of esters is 1. The molecule has 0 radical (unpaired) electrons. The molecule has 0 spiro atoms. The number of rotatable bonds is 10. The maximum Gasteiger partial charge on any atom is 0.332 e. The average Bonchev–Trinajstić information content (AvgIpc) is 2.24. The maximum absolute atomic E-state index is 11.3. The molecule has 0 aliphatic rings. The molecule has 18 heavy (non-hydrogen) atoms. The van der Waals surface area contributed by atoms with Gasteiger partial charge in [-0.3, -0.25) is 0 Å². The van der Waals surface area contributed by atoms with E-state index in [1.807, 2.05) is 20.8 Å². The Morgan fingerprint density at radius 1 is 0.944 bits per heavy atom. The first-order valence-corrected chi connectivity index (χ1v) is 6.83. The molecule has 4 heteroatoms. The van der Waals surface area contributed by atoms with Crippen molar-refractivity contribution in [3.8, 4) is 0 Å². The lowest BCUT2D eigenvalue weighted by Crippen LogP contribution is -2.26. The minimum Gasteiger partial charge on any atom is -0.458 e. The van der Waals surface area contributed by atoms with Crippen LogP contribution in [0.4, 0.5) is 0 Å². The van der Waals surface area contributed by atoms with Crippen LogP contribution in [0.1, 0.15) is 53.4 Å². The highest BCUT2D eigenvalue weighted by Gasteiger charge is 2.15. The van der Waals surface area contributed by atoms with Gasteiger partial charge in [-0.25, -0.2) is 4.79 Å². The van der Waals surface area contributed by atoms with Gasteiger partial charge in [0.25, 0.3) is 0 Å². The van der Waals surface area contributed by atoms with Crippen molar-refractivity contribution in [3.63, 3.8) is 0 Å². The van der Waals surface area contributed by atoms with E-state index in [2.05, 4.69) is 6.92 Å². The highest BCUT2D eigenvalue weighted by molar-refractivity contribution is 5.71. The van der Waals surface area contributed by atoms with Gasteiger partial charge in [-0.2, -0.15) is 0 Å². The van der Waals surface area contributed by atoms with E-state index in [1.165, 1.54) is 12.8 Å². The summed E-state index contributed by atoms with van der Waals surface area (Å²) in [6.45, 7) is 9.77. The summed E-state index contributed by atoms with van der Waals surface area (Å²) >= 11 is 0. The van der Waals surface area contributed by atoms with Crippen molar-refractivity contribution in [3.05, 3.63) is 0 Å². The molecular formula is C14H28O4. The van der Waals surface area contributed by atoms with Crippen LogP contribution in [-0.4, -0.2) is 38.0 Å². The van der Waals surface area contributed by atoms with Crippen LogP contribution >= 0.6 is 0 Å². The molecule has 0 aliphatic heterocycles. The molecule has 0 unspecified atom stereocenters. The van der Waals surface area contributed by atoms with Crippen molar-refractivity contribution in [1.29, 1.82) is 0 Å². The molecule has 0 aromatic heterocycles. The second kappa shape index (κ2) is 10.3. The Morgan fingerprint density at radius 3 is 2.17 bits per heavy atom. The first kappa shape index (κ1) is 17.4. The summed E-state index contributed by atoms with van der Waals surface area (Å²) in [4.78, 5) is 11.3. The zero-order valence-electron chi connectivity index (χ0n) is 12.3. The van der Waals surface area contributed by atoms with Crippen LogP contribution in [0.25, 0.3) is 0 Å². The van der Waals surface area contributed by atoms with E-state index in [4.69, 9.17) is 14.2 Å². The molecule has 0 fully saturated rings. The minimum absolute atomic E-state index is 0.0209. The summed E-state index contributed by atoms with van der Waals surface area (Å²) in [5.41, 5.74) is -0.442. The van der Waals surface area contributed by atoms with E-state index in [9.17, 15) is 4.79 Å². The predicted molar refractivity (Wildman–Crippen MR) is 71.6 cm³/mol. The Bertz CT molecular complexity index is 208. The van der Waals surface area contributed by atoms with Crippen molar-refractivity contribution < 1.29 is 19.0 Å². The minimum atomic E-state index is -0.442. The van der Waals surface area contributed by atoms with E-state index in [-0.39, 0.29) is 12.6 Å². The number of hydrogen-bond acceptors (Lipinski definition) is 4. The summed E-state index contributed by atoms with van der Waals surface area (Å²) in [7, 11) is 0. The SMILES string of the molecule is CCCCCOCCCOCC(=O)OC(C)(C)C. The van der Waals surface area contributed by atoms with Crippen molar-refractivity contribution >= 4 is 5.97 Å². The number of unbranched alkanes of at least 4 members (excludes halogenated alkanes) is 2. The molecule has 0 atom stereocenters. The third-order valence-electron chi connectivity index (χ3n) is 2.11. The van der Waals surface area contributed by atoms with Gasteiger partial charge < -0.3 is 14.2 Å². The molecule has 0 heterocycles. The van der Waals surface area contributed by atoms with E-state index in [1.54, 1.807) is 0 Å². The summed E-state index contributed by atoms with van der Waals surface area (Å²) in [6.07, 6.45) is 4.36. The maximum atomic E-state index is 11.3. The lowest BCUT2D eigenvalue weighted by Gasteiger charge is -2.19. The Balaban J connectivity index is 3.23. The molecule has 0 N–H and O–H groups in total. The number of ether oxygens (including phenoxy) is 3. The van der Waals surface area contributed by atoms with E-state index in [0.717, 1.165) is 19.4 Å². The molecule has 0 rings (SSSR count). The zero-order chi connectivity index (χ0) is 13.9. The van der Waals surface area contributed by atoms with Gasteiger partial charge in [-0.1, -0.05) is 19.8 Å². The van der Waals surface area contributed by atoms with E-state index in [0.29, 0.717) is 13.2 Å². The molecule has 0 bridgehead atoms. The highest BCUT2D eigenvalue weighted by atomic mass is 16.6. The molecule has 108 valence electrons. The number of hydrogen-bond donors (Lipinski definition) is 0. The highest BCUT2D eigenvalue weighted by Crippen LogP contribution is 2.06. The molecule has 4 nitrogen and oxygen atoms in total. The van der Waals surface area contributed by atoms with Crippen LogP contribution in [0.5, 0.6) is 0 Å². The first-order chi connectivity index (χ1) is 8.45. The van der Waals surface area contributed by atoms with Crippen molar-refractivity contribution in [2.75, 3.05) is 26.4 Å². The molecule has 0 aromatic rings. The smallest absolute Gasteiger partial charge is 0.332 e. The summed E-state index contributed by atoms with van der Waals surface area (Å²) < 4.78 is 15.8. The molecule has 0 aliphatic carbocycles.